The molecule has 2 N–H and O–H groups in total. The molecular formula is C11H6ClF3N2O. The highest BCUT2D eigenvalue weighted by Gasteiger charge is 2.13. The average Bonchev–Trinajstić information content (AvgIpc) is 2.29. The number of nitrogens with zero attached hydrogens (tertiary/aromatic N) is 1. The molecule has 18 heavy (non-hydrogen) atoms. The Balaban J connectivity index is 2.37. The number of hydrogen-bond acceptors (Lipinski definition) is 3. The molecule has 7 heteroatoms. The number of ether oxygens (including phenoxy) is 1. The normalized spacial score (nSPS) is 10.4. The molecule has 1 aromatic carbocycles. The van der Waals surface area contributed by atoms with Crippen molar-refractivity contribution in [1.29, 1.82) is 0 Å². The first-order valence-corrected chi connectivity index (χ1v) is 5.09. The van der Waals surface area contributed by atoms with Gasteiger partial charge < -0.3 is 10.5 Å². The van der Waals surface area contributed by atoms with Crippen molar-refractivity contribution in [1.82, 2.24) is 4.98 Å². The van der Waals surface area contributed by atoms with Crippen LogP contribution in [-0.2, 0) is 0 Å². The van der Waals surface area contributed by atoms with E-state index in [9.17, 15) is 13.2 Å². The maximum absolute atomic E-state index is 13.3. The fourth-order valence-electron chi connectivity index (χ4n) is 1.20. The quantitative estimate of drug-likeness (QED) is 0.911. The summed E-state index contributed by atoms with van der Waals surface area (Å²) in [5.41, 5.74) is 5.18. The van der Waals surface area contributed by atoms with Crippen molar-refractivity contribution in [2.45, 2.75) is 0 Å². The predicted molar refractivity (Wildman–Crippen MR) is 60.0 cm³/mol. The predicted octanol–water partition coefficient (Wildman–Crippen LogP) is 3.53. The third-order valence-corrected chi connectivity index (χ3v) is 2.32. The molecule has 0 spiro atoms. The fourth-order valence-corrected chi connectivity index (χ4v) is 1.40. The standard InChI is InChI=1S/C11H6ClF3N2O/c12-6-3-5(13)1-2-9(6)18-11-8(15)4-7(14)10(16)17-11/h1-4H,(H2,16,17). The number of aromatic nitrogens is 1. The third kappa shape index (κ3) is 2.48. The molecule has 2 rings (SSSR count). The largest absolute Gasteiger partial charge is 0.435 e. The molecule has 0 fully saturated rings. The van der Waals surface area contributed by atoms with Crippen LogP contribution in [0.1, 0.15) is 0 Å². The highest BCUT2D eigenvalue weighted by molar-refractivity contribution is 6.32. The molecule has 3 nitrogen and oxygen atoms in total. The van der Waals surface area contributed by atoms with Gasteiger partial charge in [-0.1, -0.05) is 11.6 Å². The molecule has 94 valence electrons. The van der Waals surface area contributed by atoms with E-state index in [4.69, 9.17) is 22.1 Å². The number of nitrogen functional groups attached to an aromatic ring is 1. The Kier molecular flexibility index (Phi) is 3.29. The minimum atomic E-state index is -1.04. The minimum Gasteiger partial charge on any atom is -0.435 e. The maximum atomic E-state index is 13.3. The Hall–Kier alpha value is -1.95. The molecular weight excluding hydrogens is 269 g/mol. The SMILES string of the molecule is Nc1nc(Oc2ccc(F)cc2Cl)c(F)cc1F. The lowest BCUT2D eigenvalue weighted by atomic mass is 10.3. The Labute approximate surface area is 105 Å². The number of anilines is 1. The highest BCUT2D eigenvalue weighted by atomic mass is 35.5. The molecule has 2 aromatic rings. The van der Waals surface area contributed by atoms with Gasteiger partial charge in [0.15, 0.2) is 17.5 Å². The van der Waals surface area contributed by atoms with Crippen LogP contribution in [-0.4, -0.2) is 4.98 Å². The Bertz CT molecular complexity index is 607. The lowest BCUT2D eigenvalue weighted by Crippen LogP contribution is -2.00. The van der Waals surface area contributed by atoms with Crippen molar-refractivity contribution in [2.75, 3.05) is 5.73 Å². The van der Waals surface area contributed by atoms with Crippen LogP contribution in [0.3, 0.4) is 0 Å². The van der Waals surface area contributed by atoms with Crippen LogP contribution >= 0.6 is 11.6 Å². The van der Waals surface area contributed by atoms with E-state index in [-0.39, 0.29) is 10.8 Å². The highest BCUT2D eigenvalue weighted by Crippen LogP contribution is 2.30. The van der Waals surface area contributed by atoms with Crippen molar-refractivity contribution in [3.63, 3.8) is 0 Å². The first kappa shape index (κ1) is 12.5. The Morgan fingerprint density at radius 1 is 1.11 bits per heavy atom. The zero-order valence-electron chi connectivity index (χ0n) is 8.75. The summed E-state index contributed by atoms with van der Waals surface area (Å²) >= 11 is 5.68. The van der Waals surface area contributed by atoms with E-state index in [1.807, 2.05) is 0 Å². The molecule has 0 unspecified atom stereocenters. The zero-order valence-corrected chi connectivity index (χ0v) is 9.51. The van der Waals surface area contributed by atoms with Crippen LogP contribution in [0.15, 0.2) is 24.3 Å². The van der Waals surface area contributed by atoms with Gasteiger partial charge in [0.2, 0.25) is 0 Å². The van der Waals surface area contributed by atoms with Gasteiger partial charge in [0.25, 0.3) is 5.88 Å². The monoisotopic (exact) mass is 274 g/mol. The topological polar surface area (TPSA) is 48.1 Å². The minimum absolute atomic E-state index is 0.0181. The Morgan fingerprint density at radius 2 is 1.83 bits per heavy atom. The Morgan fingerprint density at radius 3 is 2.50 bits per heavy atom. The van der Waals surface area contributed by atoms with Crippen LogP contribution in [0.25, 0.3) is 0 Å². The van der Waals surface area contributed by atoms with E-state index in [1.165, 1.54) is 6.07 Å². The second-order valence-corrected chi connectivity index (χ2v) is 3.73. The van der Waals surface area contributed by atoms with Crippen molar-refractivity contribution in [2.24, 2.45) is 0 Å². The van der Waals surface area contributed by atoms with Crippen molar-refractivity contribution < 1.29 is 17.9 Å². The van der Waals surface area contributed by atoms with Gasteiger partial charge in [-0.2, -0.15) is 4.98 Å². The summed E-state index contributed by atoms with van der Waals surface area (Å²) in [5, 5.41) is -0.0703. The molecule has 0 amide bonds. The smallest absolute Gasteiger partial charge is 0.258 e. The molecule has 0 aliphatic heterocycles. The first-order valence-electron chi connectivity index (χ1n) is 4.72. The van der Waals surface area contributed by atoms with Crippen LogP contribution in [0.5, 0.6) is 11.6 Å². The summed E-state index contributed by atoms with van der Waals surface area (Å²) in [6, 6.07) is 3.79. The molecule has 0 saturated carbocycles. The molecule has 0 atom stereocenters. The summed E-state index contributed by atoms with van der Waals surface area (Å²) < 4.78 is 44.0. The fraction of sp³-hybridized carbons (Fsp3) is 0. The third-order valence-electron chi connectivity index (χ3n) is 2.03. The second-order valence-electron chi connectivity index (χ2n) is 3.32. The van der Waals surface area contributed by atoms with Gasteiger partial charge in [-0.15, -0.1) is 0 Å². The van der Waals surface area contributed by atoms with Gasteiger partial charge in [0.05, 0.1) is 5.02 Å². The molecule has 0 radical (unpaired) electrons. The van der Waals surface area contributed by atoms with E-state index in [0.717, 1.165) is 12.1 Å². The molecule has 0 saturated heterocycles. The average molecular weight is 275 g/mol. The molecule has 1 aromatic heterocycles. The number of halogens is 4. The second kappa shape index (κ2) is 4.73. The van der Waals surface area contributed by atoms with E-state index < -0.39 is 29.1 Å². The summed E-state index contributed by atoms with van der Waals surface area (Å²) in [7, 11) is 0. The summed E-state index contributed by atoms with van der Waals surface area (Å²) in [6.45, 7) is 0. The van der Waals surface area contributed by atoms with Gasteiger partial charge in [-0.25, -0.2) is 13.2 Å². The van der Waals surface area contributed by atoms with Crippen molar-refractivity contribution in [3.8, 4) is 11.6 Å². The number of rotatable bonds is 2. The van der Waals surface area contributed by atoms with E-state index >= 15 is 0 Å². The first-order chi connectivity index (χ1) is 8.47. The van der Waals surface area contributed by atoms with Crippen molar-refractivity contribution >= 4 is 17.4 Å². The zero-order chi connectivity index (χ0) is 13.3. The van der Waals surface area contributed by atoms with Gasteiger partial charge in [-0.3, -0.25) is 0 Å². The lowest BCUT2D eigenvalue weighted by Gasteiger charge is -2.08. The van der Waals surface area contributed by atoms with E-state index in [0.29, 0.717) is 6.07 Å². The number of benzene rings is 1. The number of hydrogen-bond donors (Lipinski definition) is 1. The summed E-state index contributed by atoms with van der Waals surface area (Å²) in [5.74, 6) is -3.67. The van der Waals surface area contributed by atoms with Crippen LogP contribution in [0.4, 0.5) is 19.0 Å². The van der Waals surface area contributed by atoms with E-state index in [1.54, 1.807) is 0 Å². The lowest BCUT2D eigenvalue weighted by molar-refractivity contribution is 0.417. The van der Waals surface area contributed by atoms with Gasteiger partial charge in [0, 0.05) is 6.07 Å². The maximum Gasteiger partial charge on any atom is 0.258 e. The molecule has 0 aliphatic rings. The number of pyridine rings is 1. The van der Waals surface area contributed by atoms with Gasteiger partial charge in [-0.05, 0) is 18.2 Å². The number of nitrogens with two attached hydrogens (primary N) is 1. The molecule has 0 bridgehead atoms. The van der Waals surface area contributed by atoms with Crippen molar-refractivity contribution in [3.05, 3.63) is 46.7 Å². The van der Waals surface area contributed by atoms with Gasteiger partial charge in [0.1, 0.15) is 11.6 Å². The van der Waals surface area contributed by atoms with Crippen LogP contribution < -0.4 is 10.5 Å². The van der Waals surface area contributed by atoms with Crippen LogP contribution in [0, 0.1) is 17.5 Å². The van der Waals surface area contributed by atoms with Gasteiger partial charge >= 0.3 is 0 Å². The van der Waals surface area contributed by atoms with Crippen LogP contribution in [0.2, 0.25) is 5.02 Å². The summed E-state index contributed by atoms with van der Waals surface area (Å²) in [4.78, 5) is 3.38. The van der Waals surface area contributed by atoms with E-state index in [2.05, 4.69) is 4.98 Å². The molecule has 1 heterocycles. The summed E-state index contributed by atoms with van der Waals surface area (Å²) in [6.07, 6.45) is 0. The molecule has 0 aliphatic carbocycles.